The molecular formula is C17H28N2O. The van der Waals surface area contributed by atoms with Gasteiger partial charge in [-0.25, -0.2) is 0 Å². The number of aryl methyl sites for hydroxylation is 1. The van der Waals surface area contributed by atoms with Crippen LogP contribution in [0.1, 0.15) is 43.4 Å². The maximum atomic E-state index is 9.17. The van der Waals surface area contributed by atoms with Crippen LogP contribution in [0.2, 0.25) is 0 Å². The third-order valence-corrected chi connectivity index (χ3v) is 4.09. The summed E-state index contributed by atoms with van der Waals surface area (Å²) >= 11 is 0. The van der Waals surface area contributed by atoms with Crippen molar-refractivity contribution in [1.29, 1.82) is 0 Å². The Morgan fingerprint density at radius 1 is 1.25 bits per heavy atom. The van der Waals surface area contributed by atoms with Gasteiger partial charge in [0.15, 0.2) is 0 Å². The molecule has 3 nitrogen and oxygen atoms in total. The van der Waals surface area contributed by atoms with Gasteiger partial charge in [-0.15, -0.1) is 0 Å². The summed E-state index contributed by atoms with van der Waals surface area (Å²) in [5.41, 5.74) is 2.68. The van der Waals surface area contributed by atoms with Gasteiger partial charge in [0.25, 0.3) is 0 Å². The molecule has 1 aliphatic rings. The first-order valence-corrected chi connectivity index (χ1v) is 7.89. The van der Waals surface area contributed by atoms with Gasteiger partial charge in [0.05, 0.1) is 6.61 Å². The van der Waals surface area contributed by atoms with Crippen molar-refractivity contribution < 1.29 is 5.11 Å². The predicted octanol–water partition coefficient (Wildman–Crippen LogP) is 2.49. The molecule has 3 heteroatoms. The summed E-state index contributed by atoms with van der Waals surface area (Å²) in [4.78, 5) is 2.44. The number of aliphatic hydroxyl groups is 1. The molecule has 1 aliphatic carbocycles. The van der Waals surface area contributed by atoms with E-state index in [1.165, 1.54) is 24.0 Å². The van der Waals surface area contributed by atoms with E-state index in [4.69, 9.17) is 0 Å². The van der Waals surface area contributed by atoms with Crippen LogP contribution < -0.4 is 5.32 Å². The minimum atomic E-state index is 0.271. The average Bonchev–Trinajstić information content (AvgIpc) is 3.27. The molecule has 1 aromatic carbocycles. The molecule has 0 aliphatic heterocycles. The van der Waals surface area contributed by atoms with E-state index in [1.54, 1.807) is 0 Å². The fraction of sp³-hybridized carbons (Fsp3) is 0.647. The number of hydrogen-bond donors (Lipinski definition) is 2. The second kappa shape index (κ2) is 7.77. The summed E-state index contributed by atoms with van der Waals surface area (Å²) in [6.07, 6.45) is 3.71. The molecule has 2 N–H and O–H groups in total. The number of hydrogen-bond acceptors (Lipinski definition) is 3. The van der Waals surface area contributed by atoms with Gasteiger partial charge >= 0.3 is 0 Å². The highest BCUT2D eigenvalue weighted by molar-refractivity contribution is 5.24. The number of aliphatic hydroxyl groups excluding tert-OH is 1. The van der Waals surface area contributed by atoms with Crippen LogP contribution in [0.15, 0.2) is 24.3 Å². The molecular weight excluding hydrogens is 248 g/mol. The van der Waals surface area contributed by atoms with Crippen molar-refractivity contribution >= 4 is 0 Å². The molecule has 1 saturated carbocycles. The second-order valence-corrected chi connectivity index (χ2v) is 5.80. The Balaban J connectivity index is 1.92. The average molecular weight is 276 g/mol. The molecule has 1 unspecified atom stereocenters. The Bertz CT molecular complexity index is 386. The van der Waals surface area contributed by atoms with Gasteiger partial charge in [0, 0.05) is 25.2 Å². The highest BCUT2D eigenvalue weighted by Crippen LogP contribution is 2.28. The Labute approximate surface area is 123 Å². The maximum Gasteiger partial charge on any atom is 0.0558 e. The van der Waals surface area contributed by atoms with Crippen LogP contribution in [0.3, 0.4) is 0 Å². The lowest BCUT2D eigenvalue weighted by Crippen LogP contribution is -2.33. The fourth-order valence-electron chi connectivity index (χ4n) is 2.77. The van der Waals surface area contributed by atoms with E-state index in [0.717, 1.165) is 32.1 Å². The number of benzene rings is 1. The van der Waals surface area contributed by atoms with Crippen LogP contribution in [0.5, 0.6) is 0 Å². The smallest absolute Gasteiger partial charge is 0.0558 e. The third kappa shape index (κ3) is 4.58. The molecule has 0 bridgehead atoms. The van der Waals surface area contributed by atoms with Crippen molar-refractivity contribution in [3.05, 3.63) is 35.4 Å². The quantitative estimate of drug-likeness (QED) is 0.727. The molecule has 0 radical (unpaired) electrons. The lowest BCUT2D eigenvalue weighted by Gasteiger charge is -2.25. The van der Waals surface area contributed by atoms with E-state index in [0.29, 0.717) is 6.04 Å². The van der Waals surface area contributed by atoms with Gasteiger partial charge in [-0.3, -0.25) is 4.90 Å². The van der Waals surface area contributed by atoms with Gasteiger partial charge in [-0.05, 0) is 38.3 Å². The van der Waals surface area contributed by atoms with Crippen molar-refractivity contribution in [2.75, 3.05) is 26.2 Å². The second-order valence-electron chi connectivity index (χ2n) is 5.80. The number of nitrogens with zero attached hydrogens (tertiary/aromatic N) is 1. The molecule has 112 valence electrons. The summed E-state index contributed by atoms with van der Waals surface area (Å²) < 4.78 is 0. The minimum Gasteiger partial charge on any atom is -0.395 e. The molecule has 20 heavy (non-hydrogen) atoms. The van der Waals surface area contributed by atoms with E-state index in [-0.39, 0.29) is 6.61 Å². The van der Waals surface area contributed by atoms with Crippen LogP contribution in [0.25, 0.3) is 0 Å². The Morgan fingerprint density at radius 2 is 1.95 bits per heavy atom. The van der Waals surface area contributed by atoms with Crippen LogP contribution >= 0.6 is 0 Å². The Hall–Kier alpha value is -0.900. The molecule has 1 atom stereocenters. The summed E-state index contributed by atoms with van der Waals surface area (Å²) in [7, 11) is 0. The number of nitrogens with one attached hydrogen (secondary N) is 1. The van der Waals surface area contributed by atoms with E-state index < -0.39 is 0 Å². The molecule has 1 fully saturated rings. The predicted molar refractivity (Wildman–Crippen MR) is 83.9 cm³/mol. The van der Waals surface area contributed by atoms with Gasteiger partial charge in [-0.2, -0.15) is 0 Å². The largest absolute Gasteiger partial charge is 0.395 e. The zero-order chi connectivity index (χ0) is 14.4. The first kappa shape index (κ1) is 15.5. The first-order chi connectivity index (χ1) is 9.74. The highest BCUT2D eigenvalue weighted by atomic mass is 16.3. The molecule has 0 heterocycles. The van der Waals surface area contributed by atoms with Crippen LogP contribution in [-0.4, -0.2) is 42.3 Å². The molecule has 0 spiro atoms. The fourth-order valence-corrected chi connectivity index (χ4v) is 2.77. The van der Waals surface area contributed by atoms with Gasteiger partial charge in [0.1, 0.15) is 0 Å². The molecule has 0 saturated heterocycles. The van der Waals surface area contributed by atoms with E-state index in [2.05, 4.69) is 48.3 Å². The SMILES string of the molecule is CCNC(CCN(CCO)C1CC1)c1ccc(C)cc1. The van der Waals surface area contributed by atoms with Gasteiger partial charge in [-0.1, -0.05) is 36.8 Å². The lowest BCUT2D eigenvalue weighted by atomic mass is 10.0. The highest BCUT2D eigenvalue weighted by Gasteiger charge is 2.28. The lowest BCUT2D eigenvalue weighted by molar-refractivity contribution is 0.182. The Kier molecular flexibility index (Phi) is 6.02. The van der Waals surface area contributed by atoms with Crippen molar-refractivity contribution in [1.82, 2.24) is 10.2 Å². The van der Waals surface area contributed by atoms with Crippen LogP contribution in [0, 0.1) is 6.92 Å². The van der Waals surface area contributed by atoms with Crippen molar-refractivity contribution in [2.24, 2.45) is 0 Å². The third-order valence-electron chi connectivity index (χ3n) is 4.09. The van der Waals surface area contributed by atoms with Crippen LogP contribution in [-0.2, 0) is 0 Å². The topological polar surface area (TPSA) is 35.5 Å². The molecule has 1 aromatic rings. The summed E-state index contributed by atoms with van der Waals surface area (Å²) in [6.45, 7) is 7.43. The van der Waals surface area contributed by atoms with Crippen LogP contribution in [0.4, 0.5) is 0 Å². The summed E-state index contributed by atoms with van der Waals surface area (Å²) in [6, 6.07) is 9.98. The van der Waals surface area contributed by atoms with E-state index >= 15 is 0 Å². The summed E-state index contributed by atoms with van der Waals surface area (Å²) in [5, 5.41) is 12.8. The van der Waals surface area contributed by atoms with E-state index in [1.807, 2.05) is 0 Å². The van der Waals surface area contributed by atoms with E-state index in [9.17, 15) is 5.11 Å². The molecule has 0 amide bonds. The first-order valence-electron chi connectivity index (χ1n) is 7.89. The zero-order valence-electron chi connectivity index (χ0n) is 12.8. The number of rotatable bonds is 9. The van der Waals surface area contributed by atoms with Crippen molar-refractivity contribution in [2.45, 2.75) is 45.2 Å². The Morgan fingerprint density at radius 3 is 2.50 bits per heavy atom. The summed E-state index contributed by atoms with van der Waals surface area (Å²) in [5.74, 6) is 0. The van der Waals surface area contributed by atoms with Crippen molar-refractivity contribution in [3.8, 4) is 0 Å². The molecule has 2 rings (SSSR count). The normalized spacial score (nSPS) is 16.6. The van der Waals surface area contributed by atoms with Gasteiger partial charge in [0.2, 0.25) is 0 Å². The standard InChI is InChI=1S/C17H28N2O/c1-3-18-17(15-6-4-14(2)5-7-15)10-11-19(12-13-20)16-8-9-16/h4-7,16-18,20H,3,8-13H2,1-2H3. The minimum absolute atomic E-state index is 0.271. The maximum absolute atomic E-state index is 9.17. The van der Waals surface area contributed by atoms with Crippen molar-refractivity contribution in [3.63, 3.8) is 0 Å². The zero-order valence-corrected chi connectivity index (χ0v) is 12.8. The van der Waals surface area contributed by atoms with Gasteiger partial charge < -0.3 is 10.4 Å². The monoisotopic (exact) mass is 276 g/mol. The molecule has 0 aromatic heterocycles.